The van der Waals surface area contributed by atoms with E-state index >= 15 is 0 Å². The molecule has 0 aromatic rings. The molecule has 2 aliphatic rings. The van der Waals surface area contributed by atoms with Crippen LogP contribution in [0, 0.1) is 11.8 Å². The van der Waals surface area contributed by atoms with E-state index in [-0.39, 0.29) is 0 Å². The van der Waals surface area contributed by atoms with Crippen LogP contribution in [0.15, 0.2) is 0 Å². The van der Waals surface area contributed by atoms with Gasteiger partial charge in [0.25, 0.3) is 0 Å². The highest BCUT2D eigenvalue weighted by molar-refractivity contribution is 4.72. The third kappa shape index (κ3) is 4.97. The van der Waals surface area contributed by atoms with Crippen molar-refractivity contribution in [3.8, 4) is 0 Å². The second-order valence-electron chi connectivity index (χ2n) is 4.74. The van der Waals surface area contributed by atoms with E-state index in [1.54, 1.807) is 0 Å². The van der Waals surface area contributed by atoms with Crippen molar-refractivity contribution >= 4 is 0 Å². The highest BCUT2D eigenvalue weighted by Crippen LogP contribution is 2.29. The Kier molecular flexibility index (Phi) is 4.26. The molecule has 2 rings (SSSR count). The predicted molar refractivity (Wildman–Crippen MR) is 56.3 cm³/mol. The second-order valence-corrected chi connectivity index (χ2v) is 4.74. The van der Waals surface area contributed by atoms with Gasteiger partial charge in [-0.25, -0.2) is 0 Å². The summed E-state index contributed by atoms with van der Waals surface area (Å²) in [6, 6.07) is 0. The van der Waals surface area contributed by atoms with Crippen molar-refractivity contribution < 1.29 is 9.47 Å². The topological polar surface area (TPSA) is 18.5 Å². The lowest BCUT2D eigenvalue weighted by Crippen LogP contribution is -2.02. The van der Waals surface area contributed by atoms with Crippen LogP contribution in [0.3, 0.4) is 0 Å². The van der Waals surface area contributed by atoms with Gasteiger partial charge < -0.3 is 9.47 Å². The van der Waals surface area contributed by atoms with Gasteiger partial charge in [0.1, 0.15) is 0 Å². The molecule has 0 heterocycles. The monoisotopic (exact) mass is 198 g/mol. The minimum absolute atomic E-state index is 0.904. The van der Waals surface area contributed by atoms with Gasteiger partial charge in [-0.1, -0.05) is 0 Å². The van der Waals surface area contributed by atoms with E-state index in [2.05, 4.69) is 0 Å². The number of ether oxygens (including phenoxy) is 2. The average molecular weight is 198 g/mol. The standard InChI is InChI=1S/C12H22O2/c1(7-13-9-11-3-4-11)2-8-14-10-12-5-6-12/h11-12H,1-10H2. The summed E-state index contributed by atoms with van der Waals surface area (Å²) in [5, 5.41) is 0. The molecular formula is C12H22O2. The summed E-state index contributed by atoms with van der Waals surface area (Å²) in [6.07, 6.45) is 7.90. The molecule has 0 spiro atoms. The van der Waals surface area contributed by atoms with E-state index in [1.165, 1.54) is 25.7 Å². The number of unbranched alkanes of at least 4 members (excludes halogenated alkanes) is 1. The van der Waals surface area contributed by atoms with Gasteiger partial charge in [-0.2, -0.15) is 0 Å². The molecule has 2 saturated carbocycles. The Morgan fingerprint density at radius 3 is 1.50 bits per heavy atom. The van der Waals surface area contributed by atoms with Gasteiger partial charge in [-0.15, -0.1) is 0 Å². The van der Waals surface area contributed by atoms with E-state index in [0.29, 0.717) is 0 Å². The Labute approximate surface area is 87.0 Å². The van der Waals surface area contributed by atoms with Gasteiger partial charge in [-0.05, 0) is 50.4 Å². The molecule has 0 saturated heterocycles. The van der Waals surface area contributed by atoms with Crippen molar-refractivity contribution in [3.05, 3.63) is 0 Å². The van der Waals surface area contributed by atoms with E-state index in [1.807, 2.05) is 0 Å². The fraction of sp³-hybridized carbons (Fsp3) is 1.00. The van der Waals surface area contributed by atoms with Crippen LogP contribution in [0.4, 0.5) is 0 Å². The first-order valence-corrected chi connectivity index (χ1v) is 6.10. The molecule has 0 aromatic carbocycles. The van der Waals surface area contributed by atoms with Gasteiger partial charge in [-0.3, -0.25) is 0 Å². The lowest BCUT2D eigenvalue weighted by molar-refractivity contribution is 0.0941. The Morgan fingerprint density at radius 1 is 0.714 bits per heavy atom. The predicted octanol–water partition coefficient (Wildman–Crippen LogP) is 2.62. The molecule has 0 aliphatic heterocycles. The Hall–Kier alpha value is -0.0800. The smallest absolute Gasteiger partial charge is 0.0494 e. The molecule has 0 aromatic heterocycles. The summed E-state index contributed by atoms with van der Waals surface area (Å²) >= 11 is 0. The maximum atomic E-state index is 5.54. The largest absolute Gasteiger partial charge is 0.381 e. The zero-order valence-electron chi connectivity index (χ0n) is 9.04. The molecule has 2 heteroatoms. The zero-order valence-corrected chi connectivity index (χ0v) is 9.04. The highest BCUT2D eigenvalue weighted by Gasteiger charge is 2.21. The summed E-state index contributed by atoms with van der Waals surface area (Å²) in [7, 11) is 0. The van der Waals surface area contributed by atoms with Gasteiger partial charge in [0.15, 0.2) is 0 Å². The van der Waals surface area contributed by atoms with Gasteiger partial charge in [0.05, 0.1) is 0 Å². The van der Waals surface area contributed by atoms with E-state index in [4.69, 9.17) is 9.47 Å². The molecule has 0 amide bonds. The van der Waals surface area contributed by atoms with Crippen LogP contribution >= 0.6 is 0 Å². The molecule has 2 aliphatic carbocycles. The van der Waals surface area contributed by atoms with Crippen LogP contribution in [0.1, 0.15) is 38.5 Å². The molecule has 2 fully saturated rings. The molecular weight excluding hydrogens is 176 g/mol. The van der Waals surface area contributed by atoms with E-state index in [9.17, 15) is 0 Å². The maximum absolute atomic E-state index is 5.54. The van der Waals surface area contributed by atoms with Gasteiger partial charge in [0.2, 0.25) is 0 Å². The van der Waals surface area contributed by atoms with Gasteiger partial charge >= 0.3 is 0 Å². The molecule has 2 nitrogen and oxygen atoms in total. The van der Waals surface area contributed by atoms with Crippen molar-refractivity contribution in [2.24, 2.45) is 11.8 Å². The molecule has 14 heavy (non-hydrogen) atoms. The first kappa shape index (κ1) is 10.4. The lowest BCUT2D eigenvalue weighted by Gasteiger charge is -2.04. The third-order valence-corrected chi connectivity index (χ3v) is 2.93. The van der Waals surface area contributed by atoms with Crippen LogP contribution < -0.4 is 0 Å². The summed E-state index contributed by atoms with van der Waals surface area (Å²) in [6.45, 7) is 3.87. The van der Waals surface area contributed by atoms with Crippen molar-refractivity contribution in [3.63, 3.8) is 0 Å². The number of rotatable bonds is 9. The van der Waals surface area contributed by atoms with Crippen LogP contribution in [0.25, 0.3) is 0 Å². The summed E-state index contributed by atoms with van der Waals surface area (Å²) < 4.78 is 11.1. The van der Waals surface area contributed by atoms with Crippen LogP contribution in [-0.4, -0.2) is 26.4 Å². The normalized spacial score (nSPS) is 21.4. The maximum Gasteiger partial charge on any atom is 0.0494 e. The number of hydrogen-bond donors (Lipinski definition) is 0. The first-order chi connectivity index (χ1) is 6.95. The third-order valence-electron chi connectivity index (χ3n) is 2.93. The lowest BCUT2D eigenvalue weighted by atomic mass is 10.3. The zero-order chi connectivity index (χ0) is 9.64. The van der Waals surface area contributed by atoms with E-state index < -0.39 is 0 Å². The van der Waals surface area contributed by atoms with Crippen molar-refractivity contribution in [2.45, 2.75) is 38.5 Å². The molecule has 0 N–H and O–H groups in total. The minimum atomic E-state index is 0.904. The first-order valence-electron chi connectivity index (χ1n) is 6.10. The molecule has 0 bridgehead atoms. The SMILES string of the molecule is C(CCOCC1CC1)COCC1CC1. The molecule has 0 radical (unpaired) electrons. The molecule has 82 valence electrons. The second kappa shape index (κ2) is 5.72. The fourth-order valence-corrected chi connectivity index (χ4v) is 1.48. The highest BCUT2D eigenvalue weighted by atomic mass is 16.5. The van der Waals surface area contributed by atoms with Gasteiger partial charge in [0, 0.05) is 26.4 Å². The Balaban J connectivity index is 1.25. The Morgan fingerprint density at radius 2 is 1.14 bits per heavy atom. The summed E-state index contributed by atoms with van der Waals surface area (Å²) in [5.74, 6) is 1.81. The fourth-order valence-electron chi connectivity index (χ4n) is 1.48. The van der Waals surface area contributed by atoms with Crippen molar-refractivity contribution in [2.75, 3.05) is 26.4 Å². The number of hydrogen-bond acceptors (Lipinski definition) is 2. The summed E-state index contributed by atoms with van der Waals surface area (Å²) in [5.41, 5.74) is 0. The van der Waals surface area contributed by atoms with Crippen LogP contribution in [0.5, 0.6) is 0 Å². The molecule has 0 unspecified atom stereocenters. The van der Waals surface area contributed by atoms with Crippen molar-refractivity contribution in [1.29, 1.82) is 0 Å². The molecule has 0 atom stereocenters. The van der Waals surface area contributed by atoms with E-state index in [0.717, 1.165) is 51.1 Å². The van der Waals surface area contributed by atoms with Crippen LogP contribution in [-0.2, 0) is 9.47 Å². The summed E-state index contributed by atoms with van der Waals surface area (Å²) in [4.78, 5) is 0. The quantitative estimate of drug-likeness (QED) is 0.530. The van der Waals surface area contributed by atoms with Crippen molar-refractivity contribution in [1.82, 2.24) is 0 Å². The minimum Gasteiger partial charge on any atom is -0.381 e. The van der Waals surface area contributed by atoms with Crippen LogP contribution in [0.2, 0.25) is 0 Å². The average Bonchev–Trinajstić information content (AvgIpc) is 3.00. The Bertz CT molecular complexity index is 132.